The zero-order valence-electron chi connectivity index (χ0n) is 9.87. The van der Waals surface area contributed by atoms with Crippen LogP contribution in [0.1, 0.15) is 13.8 Å². The number of benzene rings is 1. The number of hydrogen-bond acceptors (Lipinski definition) is 3. The van der Waals surface area contributed by atoms with E-state index in [4.69, 9.17) is 5.26 Å². The van der Waals surface area contributed by atoms with E-state index < -0.39 is 27.1 Å². The van der Waals surface area contributed by atoms with Gasteiger partial charge in [0, 0.05) is 6.54 Å². The lowest BCUT2D eigenvalue weighted by atomic mass is 9.97. The lowest BCUT2D eigenvalue weighted by Crippen LogP contribution is -2.33. The predicted molar refractivity (Wildman–Crippen MR) is 60.9 cm³/mol. The summed E-state index contributed by atoms with van der Waals surface area (Å²) in [5.41, 5.74) is -0.883. The summed E-state index contributed by atoms with van der Waals surface area (Å²) in [6.45, 7) is 2.99. The normalized spacial score (nSPS) is 12.2. The van der Waals surface area contributed by atoms with Gasteiger partial charge >= 0.3 is 0 Å². The van der Waals surface area contributed by atoms with Gasteiger partial charge in [0.25, 0.3) is 0 Å². The first-order valence-electron chi connectivity index (χ1n) is 5.04. The molecule has 1 rings (SSSR count). The molecule has 0 spiro atoms. The minimum atomic E-state index is -3.95. The Balaban J connectivity index is 2.94. The van der Waals surface area contributed by atoms with Gasteiger partial charge in [-0.05, 0) is 32.0 Å². The maximum atomic E-state index is 12.9. The highest BCUT2D eigenvalue weighted by Gasteiger charge is 2.22. The molecule has 0 saturated carbocycles. The SMILES string of the molecule is CC(C)(C#N)CNS(=O)(=O)c1ccc(F)c(F)c1. The Kier molecular flexibility index (Phi) is 4.04. The van der Waals surface area contributed by atoms with Crippen molar-refractivity contribution in [2.75, 3.05) is 6.54 Å². The van der Waals surface area contributed by atoms with Crippen LogP contribution in [-0.2, 0) is 10.0 Å². The van der Waals surface area contributed by atoms with Gasteiger partial charge < -0.3 is 0 Å². The minimum absolute atomic E-state index is 0.120. The van der Waals surface area contributed by atoms with Crippen molar-refractivity contribution in [2.24, 2.45) is 5.41 Å². The lowest BCUT2D eigenvalue weighted by Gasteiger charge is -2.16. The fourth-order valence-corrected chi connectivity index (χ4v) is 2.27. The van der Waals surface area contributed by atoms with Crippen molar-refractivity contribution in [1.82, 2.24) is 4.72 Å². The Labute approximate surface area is 104 Å². The van der Waals surface area contributed by atoms with Crippen LogP contribution in [-0.4, -0.2) is 15.0 Å². The van der Waals surface area contributed by atoms with Crippen molar-refractivity contribution >= 4 is 10.0 Å². The second kappa shape index (κ2) is 5.00. The smallest absolute Gasteiger partial charge is 0.210 e. The molecule has 0 radical (unpaired) electrons. The molecule has 98 valence electrons. The standard InChI is InChI=1S/C11H12F2N2O2S/c1-11(2,6-14)7-15-18(16,17)8-3-4-9(12)10(13)5-8/h3-5,15H,7H2,1-2H3. The molecule has 1 N–H and O–H groups in total. The zero-order valence-corrected chi connectivity index (χ0v) is 10.7. The molecule has 7 heteroatoms. The van der Waals surface area contributed by atoms with Gasteiger partial charge in [-0.15, -0.1) is 0 Å². The van der Waals surface area contributed by atoms with Crippen molar-refractivity contribution in [1.29, 1.82) is 5.26 Å². The molecule has 0 heterocycles. The van der Waals surface area contributed by atoms with E-state index in [-0.39, 0.29) is 11.4 Å². The summed E-state index contributed by atoms with van der Waals surface area (Å²) in [5.74, 6) is -2.36. The number of sulfonamides is 1. The van der Waals surface area contributed by atoms with Gasteiger partial charge in [-0.2, -0.15) is 5.26 Å². The Morgan fingerprint density at radius 3 is 2.44 bits per heavy atom. The third-order valence-electron chi connectivity index (χ3n) is 2.21. The maximum Gasteiger partial charge on any atom is 0.240 e. The summed E-state index contributed by atoms with van der Waals surface area (Å²) in [6, 6.07) is 4.21. The number of nitriles is 1. The number of hydrogen-bond donors (Lipinski definition) is 1. The van der Waals surface area contributed by atoms with E-state index in [9.17, 15) is 17.2 Å². The minimum Gasteiger partial charge on any atom is -0.210 e. The average molecular weight is 274 g/mol. The summed E-state index contributed by atoms with van der Waals surface area (Å²) >= 11 is 0. The first-order chi connectivity index (χ1) is 8.18. The van der Waals surface area contributed by atoms with Crippen LogP contribution in [0.2, 0.25) is 0 Å². The Hall–Kier alpha value is -1.52. The third-order valence-corrected chi connectivity index (χ3v) is 3.61. The zero-order chi connectivity index (χ0) is 14.0. The van der Waals surface area contributed by atoms with E-state index in [1.807, 2.05) is 6.07 Å². The summed E-state index contributed by atoms with van der Waals surface area (Å²) in [6.07, 6.45) is 0. The second-order valence-corrected chi connectivity index (χ2v) is 6.16. The highest BCUT2D eigenvalue weighted by molar-refractivity contribution is 7.89. The predicted octanol–water partition coefficient (Wildman–Crippen LogP) is 1.79. The van der Waals surface area contributed by atoms with Crippen molar-refractivity contribution in [3.63, 3.8) is 0 Å². The molecule has 0 bridgehead atoms. The molecule has 0 aliphatic heterocycles. The van der Waals surface area contributed by atoms with Gasteiger partial charge in [0.1, 0.15) is 0 Å². The summed E-state index contributed by atoms with van der Waals surface area (Å²) in [5, 5.41) is 8.75. The molecular weight excluding hydrogens is 262 g/mol. The van der Waals surface area contributed by atoms with Crippen LogP contribution in [0.15, 0.2) is 23.1 Å². The van der Waals surface area contributed by atoms with Gasteiger partial charge in [0.05, 0.1) is 16.4 Å². The lowest BCUT2D eigenvalue weighted by molar-refractivity contribution is 0.477. The summed E-state index contributed by atoms with van der Waals surface area (Å²) < 4.78 is 51.3. The van der Waals surface area contributed by atoms with E-state index in [0.717, 1.165) is 12.1 Å². The van der Waals surface area contributed by atoms with Gasteiger partial charge in [0.15, 0.2) is 11.6 Å². The Morgan fingerprint density at radius 2 is 1.94 bits per heavy atom. The molecule has 4 nitrogen and oxygen atoms in total. The molecule has 0 aliphatic carbocycles. The van der Waals surface area contributed by atoms with Crippen LogP contribution >= 0.6 is 0 Å². The van der Waals surface area contributed by atoms with Crippen LogP contribution in [0.25, 0.3) is 0 Å². The highest BCUT2D eigenvalue weighted by Crippen LogP contribution is 2.16. The van der Waals surface area contributed by atoms with E-state index in [1.165, 1.54) is 0 Å². The molecule has 0 aromatic heterocycles. The topological polar surface area (TPSA) is 70.0 Å². The third kappa shape index (κ3) is 3.48. The number of halogens is 2. The monoisotopic (exact) mass is 274 g/mol. The summed E-state index contributed by atoms with van der Waals surface area (Å²) in [4.78, 5) is -0.380. The van der Waals surface area contributed by atoms with Crippen molar-refractivity contribution in [3.05, 3.63) is 29.8 Å². The second-order valence-electron chi connectivity index (χ2n) is 4.40. The van der Waals surface area contributed by atoms with Crippen molar-refractivity contribution < 1.29 is 17.2 Å². The van der Waals surface area contributed by atoms with Gasteiger partial charge in [-0.3, -0.25) is 0 Å². The molecular formula is C11H12F2N2O2S. The van der Waals surface area contributed by atoms with Crippen molar-refractivity contribution in [3.8, 4) is 6.07 Å². The van der Waals surface area contributed by atoms with Crippen molar-refractivity contribution in [2.45, 2.75) is 18.7 Å². The quantitative estimate of drug-likeness (QED) is 0.910. The average Bonchev–Trinajstić information content (AvgIpc) is 2.30. The van der Waals surface area contributed by atoms with Crippen LogP contribution in [0.4, 0.5) is 8.78 Å². The largest absolute Gasteiger partial charge is 0.240 e. The van der Waals surface area contributed by atoms with E-state index >= 15 is 0 Å². The Morgan fingerprint density at radius 1 is 1.33 bits per heavy atom. The molecule has 1 aromatic rings. The van der Waals surface area contributed by atoms with Gasteiger partial charge in [0.2, 0.25) is 10.0 Å². The number of rotatable bonds is 4. The first kappa shape index (κ1) is 14.5. The molecule has 0 unspecified atom stereocenters. The fraction of sp³-hybridized carbons (Fsp3) is 0.364. The van der Waals surface area contributed by atoms with Crippen LogP contribution < -0.4 is 4.72 Å². The Bertz CT molecular complexity index is 592. The van der Waals surface area contributed by atoms with E-state index in [2.05, 4.69) is 4.72 Å². The van der Waals surface area contributed by atoms with Gasteiger partial charge in [-0.1, -0.05) is 0 Å². The molecule has 1 aromatic carbocycles. The molecule has 0 aliphatic rings. The number of nitrogens with zero attached hydrogens (tertiary/aromatic N) is 1. The molecule has 0 atom stereocenters. The molecule has 0 fully saturated rings. The number of nitrogens with one attached hydrogen (secondary N) is 1. The first-order valence-corrected chi connectivity index (χ1v) is 6.52. The maximum absolute atomic E-state index is 12.9. The fourth-order valence-electron chi connectivity index (χ4n) is 1.04. The molecule has 0 saturated heterocycles. The van der Waals surface area contributed by atoms with E-state index in [1.54, 1.807) is 13.8 Å². The summed E-state index contributed by atoms with van der Waals surface area (Å²) in [7, 11) is -3.95. The van der Waals surface area contributed by atoms with E-state index in [0.29, 0.717) is 6.07 Å². The van der Waals surface area contributed by atoms with Crippen LogP contribution in [0.5, 0.6) is 0 Å². The molecule has 18 heavy (non-hydrogen) atoms. The van der Waals surface area contributed by atoms with Gasteiger partial charge in [-0.25, -0.2) is 21.9 Å². The van der Waals surface area contributed by atoms with Crippen LogP contribution in [0.3, 0.4) is 0 Å². The van der Waals surface area contributed by atoms with Crippen LogP contribution in [0, 0.1) is 28.4 Å². The highest BCUT2D eigenvalue weighted by atomic mass is 32.2. The molecule has 0 amide bonds.